The summed E-state index contributed by atoms with van der Waals surface area (Å²) >= 11 is 0. The molecule has 1 aromatic carbocycles. The summed E-state index contributed by atoms with van der Waals surface area (Å²) in [7, 11) is 0. The first-order valence-corrected chi connectivity index (χ1v) is 8.77. The SMILES string of the molecule is NCC1(CC(=O)Nc2cccc(N3CCNC3=O)c2)CCCCC1. The van der Waals surface area contributed by atoms with Crippen LogP contribution in [0.5, 0.6) is 0 Å². The smallest absolute Gasteiger partial charge is 0.321 e. The van der Waals surface area contributed by atoms with E-state index in [1.54, 1.807) is 4.90 Å². The predicted molar refractivity (Wildman–Crippen MR) is 95.0 cm³/mol. The Morgan fingerprint density at radius 3 is 2.75 bits per heavy atom. The summed E-state index contributed by atoms with van der Waals surface area (Å²) in [6, 6.07) is 7.34. The van der Waals surface area contributed by atoms with Crippen LogP contribution in [0.25, 0.3) is 0 Å². The molecule has 1 aliphatic heterocycles. The Morgan fingerprint density at radius 2 is 2.08 bits per heavy atom. The topological polar surface area (TPSA) is 87.5 Å². The lowest BCUT2D eigenvalue weighted by atomic mass is 9.71. The number of urea groups is 1. The summed E-state index contributed by atoms with van der Waals surface area (Å²) in [6.07, 6.45) is 6.09. The van der Waals surface area contributed by atoms with Crippen LogP contribution in [0.15, 0.2) is 24.3 Å². The van der Waals surface area contributed by atoms with Crippen molar-refractivity contribution >= 4 is 23.3 Å². The Balaban J connectivity index is 1.65. The minimum absolute atomic E-state index is 0.00498. The Kier molecular flexibility index (Phi) is 5.04. The number of benzene rings is 1. The molecule has 6 nitrogen and oxygen atoms in total. The van der Waals surface area contributed by atoms with Gasteiger partial charge in [-0.2, -0.15) is 0 Å². The van der Waals surface area contributed by atoms with E-state index in [2.05, 4.69) is 10.6 Å². The van der Waals surface area contributed by atoms with Crippen LogP contribution < -0.4 is 21.3 Å². The van der Waals surface area contributed by atoms with Crippen LogP contribution in [0.3, 0.4) is 0 Å². The maximum atomic E-state index is 12.5. The lowest BCUT2D eigenvalue weighted by Crippen LogP contribution is -2.36. The summed E-state index contributed by atoms with van der Waals surface area (Å²) in [4.78, 5) is 25.9. The molecule has 0 radical (unpaired) electrons. The summed E-state index contributed by atoms with van der Waals surface area (Å²) in [6.45, 7) is 1.86. The average Bonchev–Trinajstić information content (AvgIpc) is 3.02. The van der Waals surface area contributed by atoms with E-state index in [0.29, 0.717) is 26.1 Å². The molecule has 0 spiro atoms. The molecule has 0 atom stereocenters. The maximum absolute atomic E-state index is 12.5. The van der Waals surface area contributed by atoms with Gasteiger partial charge in [-0.15, -0.1) is 0 Å². The van der Waals surface area contributed by atoms with E-state index in [9.17, 15) is 9.59 Å². The number of hydrogen-bond acceptors (Lipinski definition) is 3. The van der Waals surface area contributed by atoms with Crippen LogP contribution in [0.1, 0.15) is 38.5 Å². The van der Waals surface area contributed by atoms with E-state index in [4.69, 9.17) is 5.73 Å². The fourth-order valence-electron chi connectivity index (χ4n) is 3.77. The largest absolute Gasteiger partial charge is 0.336 e. The fourth-order valence-corrected chi connectivity index (χ4v) is 3.77. The van der Waals surface area contributed by atoms with Crippen molar-refractivity contribution < 1.29 is 9.59 Å². The van der Waals surface area contributed by atoms with Gasteiger partial charge in [0, 0.05) is 30.9 Å². The van der Waals surface area contributed by atoms with Crippen molar-refractivity contribution in [3.05, 3.63) is 24.3 Å². The summed E-state index contributed by atoms with van der Waals surface area (Å²) < 4.78 is 0. The predicted octanol–water partition coefficient (Wildman–Crippen LogP) is 2.45. The van der Waals surface area contributed by atoms with Gasteiger partial charge in [-0.05, 0) is 43.0 Å². The highest BCUT2D eigenvalue weighted by Crippen LogP contribution is 2.38. The minimum atomic E-state index is -0.0947. The number of nitrogens with zero attached hydrogens (tertiary/aromatic N) is 1. The third-order valence-electron chi connectivity index (χ3n) is 5.18. The third kappa shape index (κ3) is 3.70. The fraction of sp³-hybridized carbons (Fsp3) is 0.556. The second kappa shape index (κ2) is 7.21. The molecule has 1 heterocycles. The average molecular weight is 330 g/mol. The second-order valence-corrected chi connectivity index (χ2v) is 6.92. The van der Waals surface area contributed by atoms with Crippen LogP contribution >= 0.6 is 0 Å². The van der Waals surface area contributed by atoms with Crippen molar-refractivity contribution in [2.24, 2.45) is 11.1 Å². The molecule has 1 saturated heterocycles. The number of nitrogens with two attached hydrogens (primary N) is 1. The number of anilines is 2. The van der Waals surface area contributed by atoms with Gasteiger partial charge in [0.05, 0.1) is 0 Å². The lowest BCUT2D eigenvalue weighted by Gasteiger charge is -2.35. The zero-order valence-corrected chi connectivity index (χ0v) is 14.0. The number of amides is 3. The van der Waals surface area contributed by atoms with E-state index in [0.717, 1.165) is 37.1 Å². The van der Waals surface area contributed by atoms with Crippen molar-refractivity contribution in [3.8, 4) is 0 Å². The first-order valence-electron chi connectivity index (χ1n) is 8.77. The summed E-state index contributed by atoms with van der Waals surface area (Å²) in [5, 5.41) is 5.75. The Morgan fingerprint density at radius 1 is 1.29 bits per heavy atom. The number of rotatable bonds is 5. The second-order valence-electron chi connectivity index (χ2n) is 6.92. The number of hydrogen-bond donors (Lipinski definition) is 3. The van der Waals surface area contributed by atoms with E-state index >= 15 is 0 Å². The van der Waals surface area contributed by atoms with E-state index < -0.39 is 0 Å². The number of nitrogens with one attached hydrogen (secondary N) is 2. The molecule has 0 unspecified atom stereocenters. The van der Waals surface area contributed by atoms with E-state index in [1.165, 1.54) is 6.42 Å². The van der Waals surface area contributed by atoms with Crippen LogP contribution in [0.4, 0.5) is 16.2 Å². The molecule has 4 N–H and O–H groups in total. The molecule has 2 aliphatic rings. The molecular weight excluding hydrogens is 304 g/mol. The molecule has 0 aromatic heterocycles. The normalized spacial score (nSPS) is 19.9. The standard InChI is InChI=1S/C18H26N4O2/c19-13-18(7-2-1-3-8-18)12-16(23)21-14-5-4-6-15(11-14)22-10-9-20-17(22)24/h4-6,11H,1-3,7-10,12-13,19H2,(H,20,24)(H,21,23). The van der Waals surface area contributed by atoms with Gasteiger partial charge in [0.1, 0.15) is 0 Å². The van der Waals surface area contributed by atoms with Gasteiger partial charge in [-0.3, -0.25) is 9.69 Å². The van der Waals surface area contributed by atoms with Crippen molar-refractivity contribution in [2.45, 2.75) is 38.5 Å². The van der Waals surface area contributed by atoms with Gasteiger partial charge in [-0.25, -0.2) is 4.79 Å². The molecule has 1 aromatic rings. The first-order chi connectivity index (χ1) is 11.6. The molecule has 24 heavy (non-hydrogen) atoms. The minimum Gasteiger partial charge on any atom is -0.336 e. The highest BCUT2D eigenvalue weighted by atomic mass is 16.2. The highest BCUT2D eigenvalue weighted by molar-refractivity contribution is 5.96. The zero-order chi connectivity index (χ0) is 17.0. The molecule has 3 rings (SSSR count). The van der Waals surface area contributed by atoms with Crippen molar-refractivity contribution in [1.29, 1.82) is 0 Å². The lowest BCUT2D eigenvalue weighted by molar-refractivity contribution is -0.118. The summed E-state index contributed by atoms with van der Waals surface area (Å²) in [5.41, 5.74) is 7.45. The number of carbonyl (C=O) groups is 2. The Labute approximate surface area is 142 Å². The monoisotopic (exact) mass is 330 g/mol. The van der Waals surface area contributed by atoms with Crippen molar-refractivity contribution in [1.82, 2.24) is 5.32 Å². The van der Waals surface area contributed by atoms with Crippen LogP contribution in [-0.2, 0) is 4.79 Å². The molecule has 3 amide bonds. The molecule has 130 valence electrons. The van der Waals surface area contributed by atoms with Crippen LogP contribution in [0, 0.1) is 5.41 Å². The Hall–Kier alpha value is -2.08. The van der Waals surface area contributed by atoms with Gasteiger partial charge in [0.15, 0.2) is 0 Å². The van der Waals surface area contributed by atoms with E-state index in [1.807, 2.05) is 24.3 Å². The summed E-state index contributed by atoms with van der Waals surface area (Å²) in [5.74, 6) is 0.00498. The molecule has 6 heteroatoms. The van der Waals surface area contributed by atoms with Gasteiger partial charge < -0.3 is 16.4 Å². The molecular formula is C18H26N4O2. The molecule has 1 aliphatic carbocycles. The number of carbonyl (C=O) groups excluding carboxylic acids is 2. The van der Waals surface area contributed by atoms with Crippen LogP contribution in [0.2, 0.25) is 0 Å². The third-order valence-corrected chi connectivity index (χ3v) is 5.18. The maximum Gasteiger partial charge on any atom is 0.321 e. The van der Waals surface area contributed by atoms with Crippen LogP contribution in [-0.4, -0.2) is 31.6 Å². The molecule has 1 saturated carbocycles. The van der Waals surface area contributed by atoms with Gasteiger partial charge in [-0.1, -0.05) is 25.3 Å². The quantitative estimate of drug-likeness (QED) is 0.775. The van der Waals surface area contributed by atoms with Gasteiger partial charge in [0.25, 0.3) is 0 Å². The van der Waals surface area contributed by atoms with Crippen molar-refractivity contribution in [3.63, 3.8) is 0 Å². The zero-order valence-electron chi connectivity index (χ0n) is 14.0. The highest BCUT2D eigenvalue weighted by Gasteiger charge is 2.33. The van der Waals surface area contributed by atoms with E-state index in [-0.39, 0.29) is 17.4 Å². The van der Waals surface area contributed by atoms with Crippen molar-refractivity contribution in [2.75, 3.05) is 29.9 Å². The first kappa shape index (κ1) is 16.8. The van der Waals surface area contributed by atoms with Gasteiger partial charge in [0.2, 0.25) is 5.91 Å². The van der Waals surface area contributed by atoms with Gasteiger partial charge >= 0.3 is 6.03 Å². The molecule has 0 bridgehead atoms. The molecule has 2 fully saturated rings. The Bertz CT molecular complexity index is 611.